The van der Waals surface area contributed by atoms with Gasteiger partial charge in [0.05, 0.1) is 12.8 Å². The second kappa shape index (κ2) is 5.68. The molecule has 0 aromatic carbocycles. The summed E-state index contributed by atoms with van der Waals surface area (Å²) in [4.78, 5) is 2.55. The Kier molecular flexibility index (Phi) is 3.94. The van der Waals surface area contributed by atoms with E-state index < -0.39 is 0 Å². The Morgan fingerprint density at radius 1 is 1.26 bits per heavy atom. The maximum Gasteiger partial charge on any atom is 0.122 e. The van der Waals surface area contributed by atoms with Crippen LogP contribution in [-0.4, -0.2) is 24.0 Å². The van der Waals surface area contributed by atoms with Crippen LogP contribution < -0.4 is 5.32 Å². The fourth-order valence-electron chi connectivity index (χ4n) is 2.90. The van der Waals surface area contributed by atoms with Gasteiger partial charge in [0.25, 0.3) is 0 Å². The molecular formula is C16H26N2O. The van der Waals surface area contributed by atoms with Crippen molar-refractivity contribution >= 4 is 0 Å². The van der Waals surface area contributed by atoms with E-state index in [0.29, 0.717) is 0 Å². The minimum atomic E-state index is 0.763. The number of hydrogen-bond acceptors (Lipinski definition) is 3. The molecule has 3 rings (SSSR count). The lowest BCUT2D eigenvalue weighted by atomic mass is 9.88. The van der Waals surface area contributed by atoms with Gasteiger partial charge < -0.3 is 9.73 Å². The predicted octanol–water partition coefficient (Wildman–Crippen LogP) is 3.01. The molecule has 2 fully saturated rings. The van der Waals surface area contributed by atoms with Crippen molar-refractivity contribution in [3.63, 3.8) is 0 Å². The van der Waals surface area contributed by atoms with Crippen LogP contribution in [0.5, 0.6) is 0 Å². The predicted molar refractivity (Wildman–Crippen MR) is 76.8 cm³/mol. The lowest BCUT2D eigenvalue weighted by molar-refractivity contribution is 0.124. The van der Waals surface area contributed by atoms with Gasteiger partial charge in [0, 0.05) is 24.7 Å². The van der Waals surface area contributed by atoms with Gasteiger partial charge in [-0.15, -0.1) is 0 Å². The molecule has 0 amide bonds. The van der Waals surface area contributed by atoms with Crippen LogP contribution in [0.4, 0.5) is 0 Å². The summed E-state index contributed by atoms with van der Waals surface area (Å²) < 4.78 is 5.70. The van der Waals surface area contributed by atoms with Crippen LogP contribution in [0.25, 0.3) is 0 Å². The van der Waals surface area contributed by atoms with Crippen molar-refractivity contribution in [2.75, 3.05) is 13.1 Å². The zero-order chi connectivity index (χ0) is 13.2. The molecule has 2 aliphatic rings. The summed E-state index contributed by atoms with van der Waals surface area (Å²) in [5.41, 5.74) is 1.35. The van der Waals surface area contributed by atoms with Crippen LogP contribution in [0.3, 0.4) is 0 Å². The van der Waals surface area contributed by atoms with Gasteiger partial charge in [0.1, 0.15) is 5.76 Å². The first-order chi connectivity index (χ1) is 9.22. The summed E-state index contributed by atoms with van der Waals surface area (Å²) in [7, 11) is 0. The van der Waals surface area contributed by atoms with Crippen LogP contribution in [0.2, 0.25) is 0 Å². The molecule has 1 aromatic heterocycles. The van der Waals surface area contributed by atoms with Crippen LogP contribution in [0, 0.1) is 11.8 Å². The molecule has 1 N–H and O–H groups in total. The van der Waals surface area contributed by atoms with Crippen molar-refractivity contribution in [1.82, 2.24) is 10.2 Å². The zero-order valence-corrected chi connectivity index (χ0v) is 12.2. The van der Waals surface area contributed by atoms with Gasteiger partial charge in [-0.05, 0) is 43.7 Å². The SMILES string of the molecule is CC1CCN(Cc2occc2CNC2CC2)CC1C. The quantitative estimate of drug-likeness (QED) is 0.884. The number of furan rings is 1. The summed E-state index contributed by atoms with van der Waals surface area (Å²) in [6.07, 6.45) is 5.84. The summed E-state index contributed by atoms with van der Waals surface area (Å²) in [5, 5.41) is 3.57. The lowest BCUT2D eigenvalue weighted by Gasteiger charge is -2.34. The van der Waals surface area contributed by atoms with Crippen molar-refractivity contribution in [2.24, 2.45) is 11.8 Å². The molecule has 0 spiro atoms. The molecule has 0 bridgehead atoms. The molecule has 3 nitrogen and oxygen atoms in total. The van der Waals surface area contributed by atoms with E-state index in [9.17, 15) is 0 Å². The van der Waals surface area contributed by atoms with Gasteiger partial charge in [-0.3, -0.25) is 4.90 Å². The third kappa shape index (κ3) is 3.40. The average Bonchev–Trinajstić information content (AvgIpc) is 3.12. The number of nitrogens with one attached hydrogen (secondary N) is 1. The lowest BCUT2D eigenvalue weighted by Crippen LogP contribution is -2.38. The van der Waals surface area contributed by atoms with E-state index in [4.69, 9.17) is 4.42 Å². The van der Waals surface area contributed by atoms with Crippen molar-refractivity contribution in [1.29, 1.82) is 0 Å². The fraction of sp³-hybridized carbons (Fsp3) is 0.750. The normalized spacial score (nSPS) is 28.7. The topological polar surface area (TPSA) is 28.4 Å². The van der Waals surface area contributed by atoms with Crippen LogP contribution in [0.1, 0.15) is 44.4 Å². The minimum absolute atomic E-state index is 0.763. The Morgan fingerprint density at radius 3 is 2.84 bits per heavy atom. The molecular weight excluding hydrogens is 236 g/mol. The van der Waals surface area contributed by atoms with Crippen molar-refractivity contribution in [3.05, 3.63) is 23.7 Å². The maximum atomic E-state index is 5.70. The third-order valence-electron chi connectivity index (χ3n) is 4.78. The van der Waals surface area contributed by atoms with E-state index in [2.05, 4.69) is 30.1 Å². The second-order valence-electron chi connectivity index (χ2n) is 6.50. The summed E-state index contributed by atoms with van der Waals surface area (Å²) in [5.74, 6) is 2.83. The molecule has 2 heterocycles. The summed E-state index contributed by atoms with van der Waals surface area (Å²) in [6.45, 7) is 9.11. The zero-order valence-electron chi connectivity index (χ0n) is 12.2. The van der Waals surface area contributed by atoms with Gasteiger partial charge in [-0.1, -0.05) is 13.8 Å². The maximum absolute atomic E-state index is 5.70. The van der Waals surface area contributed by atoms with Crippen LogP contribution in [0.15, 0.2) is 16.7 Å². The fourth-order valence-corrected chi connectivity index (χ4v) is 2.90. The highest BCUT2D eigenvalue weighted by Gasteiger charge is 2.24. The van der Waals surface area contributed by atoms with Gasteiger partial charge in [0.15, 0.2) is 0 Å². The van der Waals surface area contributed by atoms with Crippen molar-refractivity contribution < 1.29 is 4.42 Å². The molecule has 1 saturated carbocycles. The molecule has 1 aliphatic heterocycles. The van der Waals surface area contributed by atoms with E-state index in [1.54, 1.807) is 0 Å². The van der Waals surface area contributed by atoms with Crippen molar-refractivity contribution in [3.8, 4) is 0 Å². The molecule has 19 heavy (non-hydrogen) atoms. The first-order valence-electron chi connectivity index (χ1n) is 7.73. The number of nitrogens with zero attached hydrogens (tertiary/aromatic N) is 1. The Bertz CT molecular complexity index is 411. The molecule has 1 saturated heterocycles. The standard InChI is InChI=1S/C16H26N2O/c1-12-5-7-18(10-13(12)2)11-16-14(6-8-19-16)9-17-15-3-4-15/h6,8,12-13,15,17H,3-5,7,9-11H2,1-2H3. The number of rotatable bonds is 5. The second-order valence-corrected chi connectivity index (χ2v) is 6.50. The van der Waals surface area contributed by atoms with Gasteiger partial charge in [-0.25, -0.2) is 0 Å². The number of piperidine rings is 1. The minimum Gasteiger partial charge on any atom is -0.468 e. The highest BCUT2D eigenvalue weighted by atomic mass is 16.3. The number of hydrogen-bond donors (Lipinski definition) is 1. The van der Waals surface area contributed by atoms with Gasteiger partial charge in [-0.2, -0.15) is 0 Å². The van der Waals surface area contributed by atoms with E-state index in [1.165, 1.54) is 37.9 Å². The van der Waals surface area contributed by atoms with Gasteiger partial charge >= 0.3 is 0 Å². The third-order valence-corrected chi connectivity index (χ3v) is 4.78. The van der Waals surface area contributed by atoms with Crippen molar-refractivity contribution in [2.45, 2.75) is 52.2 Å². The Morgan fingerprint density at radius 2 is 2.11 bits per heavy atom. The van der Waals surface area contributed by atoms with E-state index >= 15 is 0 Å². The first-order valence-corrected chi connectivity index (χ1v) is 7.73. The Balaban J connectivity index is 1.55. The number of likely N-dealkylation sites (tertiary alicyclic amines) is 1. The molecule has 106 valence electrons. The molecule has 2 atom stereocenters. The molecule has 1 aliphatic carbocycles. The highest BCUT2D eigenvalue weighted by Crippen LogP contribution is 2.25. The van der Waals surface area contributed by atoms with Gasteiger partial charge in [0.2, 0.25) is 0 Å². The van der Waals surface area contributed by atoms with Crippen LogP contribution in [-0.2, 0) is 13.1 Å². The van der Waals surface area contributed by atoms with Crippen LogP contribution >= 0.6 is 0 Å². The summed E-state index contributed by atoms with van der Waals surface area (Å²) >= 11 is 0. The largest absolute Gasteiger partial charge is 0.468 e. The highest BCUT2D eigenvalue weighted by molar-refractivity contribution is 5.17. The summed E-state index contributed by atoms with van der Waals surface area (Å²) in [6, 6.07) is 2.89. The Hall–Kier alpha value is -0.800. The molecule has 2 unspecified atom stereocenters. The smallest absolute Gasteiger partial charge is 0.122 e. The first kappa shape index (κ1) is 13.2. The molecule has 1 aromatic rings. The molecule has 3 heteroatoms. The van der Waals surface area contributed by atoms with E-state index in [1.807, 2.05) is 6.26 Å². The van der Waals surface area contributed by atoms with E-state index in [0.717, 1.165) is 36.7 Å². The monoisotopic (exact) mass is 262 g/mol. The average molecular weight is 262 g/mol. The molecule has 0 radical (unpaired) electrons. The van der Waals surface area contributed by atoms with E-state index in [-0.39, 0.29) is 0 Å². The Labute approximate surface area is 116 Å².